The van der Waals surface area contributed by atoms with E-state index in [9.17, 15) is 4.79 Å². The number of nitrogens with zero attached hydrogens (tertiary/aromatic N) is 2. The molecule has 0 saturated carbocycles. The third kappa shape index (κ3) is 2.59. The van der Waals surface area contributed by atoms with Gasteiger partial charge < -0.3 is 4.74 Å². The largest absolute Gasteiger partial charge is 0.468 e. The second-order valence-electron chi connectivity index (χ2n) is 4.29. The molecule has 4 heteroatoms. The van der Waals surface area contributed by atoms with Gasteiger partial charge in [-0.15, -0.1) is 0 Å². The van der Waals surface area contributed by atoms with Gasteiger partial charge in [0.15, 0.2) is 0 Å². The highest BCUT2D eigenvalue weighted by Crippen LogP contribution is 2.09. The average Bonchev–Trinajstić information content (AvgIpc) is 2.34. The van der Waals surface area contributed by atoms with Crippen LogP contribution in [0.4, 0.5) is 0 Å². The molecule has 2 rings (SSSR count). The smallest absolute Gasteiger partial charge is 0.299 e. The fourth-order valence-electron chi connectivity index (χ4n) is 1.77. The standard InChI is InChI=1S/C14H16N2O2/c1-10-4-6-12(7-5-10)9-16-13(17)8-11(2)15-14(16)18-3/h4-8H,9H2,1-3H3. The Hall–Kier alpha value is -2.10. The van der Waals surface area contributed by atoms with Crippen LogP contribution in [-0.4, -0.2) is 16.7 Å². The molecule has 0 amide bonds. The summed E-state index contributed by atoms with van der Waals surface area (Å²) in [6.45, 7) is 4.28. The van der Waals surface area contributed by atoms with Crippen LogP contribution in [0.1, 0.15) is 16.8 Å². The molecule has 0 unspecified atom stereocenters. The van der Waals surface area contributed by atoms with Crippen LogP contribution in [-0.2, 0) is 6.54 Å². The van der Waals surface area contributed by atoms with Gasteiger partial charge in [-0.1, -0.05) is 29.8 Å². The molecule has 1 aromatic carbocycles. The van der Waals surface area contributed by atoms with Gasteiger partial charge in [-0.25, -0.2) is 4.98 Å². The minimum atomic E-state index is -0.0973. The van der Waals surface area contributed by atoms with Crippen molar-refractivity contribution in [2.75, 3.05) is 7.11 Å². The van der Waals surface area contributed by atoms with Crippen LogP contribution in [0.25, 0.3) is 0 Å². The van der Waals surface area contributed by atoms with Crippen LogP contribution < -0.4 is 10.3 Å². The Bertz CT molecular complexity index is 600. The zero-order valence-corrected chi connectivity index (χ0v) is 10.8. The zero-order chi connectivity index (χ0) is 13.1. The average molecular weight is 244 g/mol. The lowest BCUT2D eigenvalue weighted by Crippen LogP contribution is -2.23. The fourth-order valence-corrected chi connectivity index (χ4v) is 1.77. The summed E-state index contributed by atoms with van der Waals surface area (Å²) in [5.74, 6) is 0. The molecule has 0 bridgehead atoms. The van der Waals surface area contributed by atoms with Crippen molar-refractivity contribution in [3.05, 3.63) is 57.5 Å². The quantitative estimate of drug-likeness (QED) is 0.828. The maximum absolute atomic E-state index is 11.9. The Morgan fingerprint density at radius 3 is 2.50 bits per heavy atom. The summed E-state index contributed by atoms with van der Waals surface area (Å²) >= 11 is 0. The number of hydrogen-bond acceptors (Lipinski definition) is 3. The first-order chi connectivity index (χ1) is 8.60. The molecular weight excluding hydrogens is 228 g/mol. The van der Waals surface area contributed by atoms with E-state index < -0.39 is 0 Å². The number of ether oxygens (including phenoxy) is 1. The lowest BCUT2D eigenvalue weighted by molar-refractivity contribution is 0.350. The highest BCUT2D eigenvalue weighted by Gasteiger charge is 2.07. The predicted octanol–water partition coefficient (Wildman–Crippen LogP) is 1.92. The molecule has 18 heavy (non-hydrogen) atoms. The molecule has 0 saturated heterocycles. The highest BCUT2D eigenvalue weighted by molar-refractivity contribution is 5.22. The predicted molar refractivity (Wildman–Crippen MR) is 70.1 cm³/mol. The molecule has 0 N–H and O–H groups in total. The second-order valence-corrected chi connectivity index (χ2v) is 4.29. The third-order valence-corrected chi connectivity index (χ3v) is 2.75. The number of methoxy groups -OCH3 is 1. The molecule has 0 aliphatic carbocycles. The topological polar surface area (TPSA) is 44.1 Å². The van der Waals surface area contributed by atoms with Gasteiger partial charge in [-0.2, -0.15) is 0 Å². The first-order valence-corrected chi connectivity index (χ1v) is 5.78. The van der Waals surface area contributed by atoms with Gasteiger partial charge in [0.2, 0.25) is 0 Å². The van der Waals surface area contributed by atoms with Crippen molar-refractivity contribution < 1.29 is 4.74 Å². The highest BCUT2D eigenvalue weighted by atomic mass is 16.5. The zero-order valence-electron chi connectivity index (χ0n) is 10.8. The molecule has 0 aliphatic heterocycles. The van der Waals surface area contributed by atoms with E-state index >= 15 is 0 Å². The van der Waals surface area contributed by atoms with Gasteiger partial charge in [0.1, 0.15) is 0 Å². The Kier molecular flexibility index (Phi) is 3.46. The number of rotatable bonds is 3. The summed E-state index contributed by atoms with van der Waals surface area (Å²) in [5.41, 5.74) is 2.81. The lowest BCUT2D eigenvalue weighted by atomic mass is 10.1. The molecule has 1 heterocycles. The molecule has 0 fully saturated rings. The van der Waals surface area contributed by atoms with Crippen LogP contribution in [0, 0.1) is 13.8 Å². The number of aryl methyl sites for hydroxylation is 2. The molecule has 0 aliphatic rings. The SMILES string of the molecule is COc1nc(C)cc(=O)n1Cc1ccc(C)cc1. The van der Waals surface area contributed by atoms with Crippen molar-refractivity contribution in [1.29, 1.82) is 0 Å². The summed E-state index contributed by atoms with van der Waals surface area (Å²) in [7, 11) is 1.52. The molecule has 94 valence electrons. The molecule has 1 aromatic heterocycles. The fraction of sp³-hybridized carbons (Fsp3) is 0.286. The number of aromatic nitrogens is 2. The summed E-state index contributed by atoms with van der Waals surface area (Å²) < 4.78 is 6.68. The first-order valence-electron chi connectivity index (χ1n) is 5.78. The van der Waals surface area contributed by atoms with Crippen molar-refractivity contribution in [3.63, 3.8) is 0 Å². The van der Waals surface area contributed by atoms with Crippen LogP contribution >= 0.6 is 0 Å². The van der Waals surface area contributed by atoms with Crippen molar-refractivity contribution in [3.8, 4) is 6.01 Å². The van der Waals surface area contributed by atoms with Crippen molar-refractivity contribution in [2.24, 2.45) is 0 Å². The van der Waals surface area contributed by atoms with Crippen molar-refractivity contribution in [1.82, 2.24) is 9.55 Å². The number of benzene rings is 1. The Morgan fingerprint density at radius 1 is 1.22 bits per heavy atom. The molecule has 0 spiro atoms. The Balaban J connectivity index is 2.39. The van der Waals surface area contributed by atoms with Gasteiger partial charge in [-0.3, -0.25) is 9.36 Å². The van der Waals surface area contributed by atoms with Gasteiger partial charge in [0, 0.05) is 11.8 Å². The molecule has 0 radical (unpaired) electrons. The molecule has 0 atom stereocenters. The van der Waals surface area contributed by atoms with Gasteiger partial charge in [0.25, 0.3) is 11.6 Å². The summed E-state index contributed by atoms with van der Waals surface area (Å²) in [5, 5.41) is 0. The van der Waals surface area contributed by atoms with Gasteiger partial charge >= 0.3 is 0 Å². The maximum atomic E-state index is 11.9. The Morgan fingerprint density at radius 2 is 1.89 bits per heavy atom. The summed E-state index contributed by atoms with van der Waals surface area (Å²) in [4.78, 5) is 16.1. The van der Waals surface area contributed by atoms with Gasteiger partial charge in [-0.05, 0) is 19.4 Å². The van der Waals surface area contributed by atoms with Crippen LogP contribution in [0.2, 0.25) is 0 Å². The van der Waals surface area contributed by atoms with Crippen molar-refractivity contribution in [2.45, 2.75) is 20.4 Å². The van der Waals surface area contributed by atoms with Gasteiger partial charge in [0.05, 0.1) is 13.7 Å². The normalized spacial score (nSPS) is 10.4. The summed E-state index contributed by atoms with van der Waals surface area (Å²) in [6.07, 6.45) is 0. The molecular formula is C14H16N2O2. The van der Waals surface area contributed by atoms with Crippen LogP contribution in [0.15, 0.2) is 35.1 Å². The van der Waals surface area contributed by atoms with E-state index in [1.807, 2.05) is 31.2 Å². The van der Waals surface area contributed by atoms with E-state index in [0.29, 0.717) is 18.2 Å². The molecule has 4 nitrogen and oxygen atoms in total. The van der Waals surface area contributed by atoms with E-state index in [1.165, 1.54) is 23.3 Å². The minimum absolute atomic E-state index is 0.0973. The van der Waals surface area contributed by atoms with Crippen molar-refractivity contribution >= 4 is 0 Å². The van der Waals surface area contributed by atoms with E-state index in [0.717, 1.165) is 5.56 Å². The third-order valence-electron chi connectivity index (χ3n) is 2.75. The lowest BCUT2D eigenvalue weighted by Gasteiger charge is -2.11. The summed E-state index contributed by atoms with van der Waals surface area (Å²) in [6, 6.07) is 9.91. The molecule has 2 aromatic rings. The first kappa shape index (κ1) is 12.4. The van der Waals surface area contributed by atoms with Crippen LogP contribution in [0.3, 0.4) is 0 Å². The monoisotopic (exact) mass is 244 g/mol. The minimum Gasteiger partial charge on any atom is -0.468 e. The Labute approximate surface area is 106 Å². The second kappa shape index (κ2) is 5.04. The van der Waals surface area contributed by atoms with E-state index in [4.69, 9.17) is 4.74 Å². The number of hydrogen-bond donors (Lipinski definition) is 0. The van der Waals surface area contributed by atoms with E-state index in [2.05, 4.69) is 4.98 Å². The maximum Gasteiger partial charge on any atom is 0.299 e. The van der Waals surface area contributed by atoms with E-state index in [-0.39, 0.29) is 5.56 Å². The van der Waals surface area contributed by atoms with E-state index in [1.54, 1.807) is 6.92 Å². The van der Waals surface area contributed by atoms with Crippen LogP contribution in [0.5, 0.6) is 6.01 Å².